The number of nitrogens with two attached hydrogens (primary N) is 1. The quantitative estimate of drug-likeness (QED) is 0.0423. The number of alkyl halides is 3. The monoisotopic (exact) mass is 948 g/mol. The van der Waals surface area contributed by atoms with Gasteiger partial charge in [-0.2, -0.15) is 24.9 Å². The average molecular weight is 949 g/mol. The number of hydrogen-bond acceptors (Lipinski definition) is 9. The van der Waals surface area contributed by atoms with Crippen molar-refractivity contribution in [3.05, 3.63) is 95.8 Å². The van der Waals surface area contributed by atoms with Crippen molar-refractivity contribution in [3.63, 3.8) is 0 Å². The SMILES string of the molecule is CC(C)(C)[C@H](c1cc(-c2cc(F)ccc2F)cn1Cc1ccccc1)N(CCCN)C(=O)CSC[C@H](CC(=O)CCCC(=O)CCCCCN1C(=O)C=CC1=O)C(=O)O.O=C(O)C(F)(F)F. The second-order valence-corrected chi connectivity index (χ2v) is 17.9. The van der Waals surface area contributed by atoms with Gasteiger partial charge in [-0.05, 0) is 67.5 Å². The van der Waals surface area contributed by atoms with Crippen LogP contribution in [0.5, 0.6) is 0 Å². The fourth-order valence-electron chi connectivity index (χ4n) is 7.27. The topological polar surface area (TPSA) is 197 Å². The molecule has 0 unspecified atom stereocenters. The van der Waals surface area contributed by atoms with Crippen LogP contribution >= 0.6 is 11.8 Å². The highest BCUT2D eigenvalue weighted by atomic mass is 32.2. The Morgan fingerprint density at radius 1 is 0.818 bits per heavy atom. The Labute approximate surface area is 384 Å². The lowest BCUT2D eigenvalue weighted by atomic mass is 9.83. The van der Waals surface area contributed by atoms with Crippen molar-refractivity contribution >= 4 is 53.0 Å². The molecule has 1 aromatic heterocycles. The van der Waals surface area contributed by atoms with Crippen LogP contribution in [-0.2, 0) is 40.1 Å². The van der Waals surface area contributed by atoms with Crippen LogP contribution in [0.2, 0.25) is 0 Å². The smallest absolute Gasteiger partial charge is 0.481 e. The number of carbonyl (C=O) groups is 7. The van der Waals surface area contributed by atoms with Crippen molar-refractivity contribution in [2.75, 3.05) is 31.1 Å². The van der Waals surface area contributed by atoms with Gasteiger partial charge in [-0.25, -0.2) is 13.6 Å². The zero-order chi connectivity index (χ0) is 49.2. The van der Waals surface area contributed by atoms with E-state index in [-0.39, 0.29) is 65.6 Å². The normalized spacial score (nSPS) is 13.6. The number of amides is 3. The number of unbranched alkanes of at least 4 members (excludes halogenated alkanes) is 2. The maximum atomic E-state index is 15.1. The van der Waals surface area contributed by atoms with Crippen LogP contribution < -0.4 is 5.73 Å². The van der Waals surface area contributed by atoms with Gasteiger partial charge in [-0.15, -0.1) is 0 Å². The summed E-state index contributed by atoms with van der Waals surface area (Å²) in [5.41, 5.74) is 7.63. The molecule has 0 fully saturated rings. The third kappa shape index (κ3) is 17.6. The molecule has 0 aliphatic carbocycles. The number of benzene rings is 2. The molecule has 0 spiro atoms. The van der Waals surface area contributed by atoms with Crippen LogP contribution in [0.4, 0.5) is 22.0 Å². The molecule has 0 saturated carbocycles. The van der Waals surface area contributed by atoms with Gasteiger partial charge in [0.05, 0.1) is 17.7 Å². The Morgan fingerprint density at radius 3 is 2.03 bits per heavy atom. The van der Waals surface area contributed by atoms with Crippen LogP contribution in [0, 0.1) is 23.0 Å². The van der Waals surface area contributed by atoms with Crippen LogP contribution in [0.15, 0.2) is 72.9 Å². The minimum absolute atomic E-state index is 0.00548. The Balaban J connectivity index is 0.00000152. The minimum atomic E-state index is -5.08. The summed E-state index contributed by atoms with van der Waals surface area (Å²) in [6, 6.07) is 14.2. The van der Waals surface area contributed by atoms with Crippen molar-refractivity contribution in [1.82, 2.24) is 14.4 Å². The summed E-state index contributed by atoms with van der Waals surface area (Å²) in [5, 5.41) is 17.1. The lowest BCUT2D eigenvalue weighted by Crippen LogP contribution is -2.44. The molecule has 0 bridgehead atoms. The van der Waals surface area contributed by atoms with Gasteiger partial charge in [0.2, 0.25) is 5.91 Å². The summed E-state index contributed by atoms with van der Waals surface area (Å²) >= 11 is 1.14. The van der Waals surface area contributed by atoms with Crippen molar-refractivity contribution in [1.29, 1.82) is 0 Å². The average Bonchev–Trinajstić information content (AvgIpc) is 3.79. The van der Waals surface area contributed by atoms with E-state index in [0.29, 0.717) is 76.0 Å². The predicted octanol–water partition coefficient (Wildman–Crippen LogP) is 8.00. The molecule has 2 aromatic carbocycles. The summed E-state index contributed by atoms with van der Waals surface area (Å²) in [6.07, 6.45) is 2.19. The number of aromatic nitrogens is 1. The van der Waals surface area contributed by atoms with Crippen molar-refractivity contribution in [2.45, 2.75) is 97.3 Å². The standard InChI is InChI=1S/C45H56F2N4O7S.C2HF3O2/c1-45(2,3)43(39-25-32(37-26-34(46)17-18-38(37)47)28-49(39)27-31-12-6-4-7-13-31)51(23-11-21-48)42(56)30-59-29-33(44(57)58)24-36(53)16-10-15-35(52)14-8-5-9-22-50-40(54)19-20-41(50)55;3-2(4,5)1(6)7/h4,6-7,12-13,17-20,25-26,28,33,43H,5,8-11,14-16,21-24,27,29-30,48H2,1-3H3,(H,57,58);(H,6,7)/t33-,43-;/m0./s1. The molecule has 2 atom stereocenters. The van der Waals surface area contributed by atoms with E-state index in [0.717, 1.165) is 35.5 Å². The van der Waals surface area contributed by atoms with Gasteiger partial charge in [0, 0.05) is 86.2 Å². The van der Waals surface area contributed by atoms with Crippen LogP contribution in [0.1, 0.15) is 95.9 Å². The molecular formula is C47H57F5N4O9S. The van der Waals surface area contributed by atoms with Gasteiger partial charge in [0.1, 0.15) is 23.2 Å². The Morgan fingerprint density at radius 2 is 1.44 bits per heavy atom. The van der Waals surface area contributed by atoms with E-state index in [1.807, 2.05) is 55.7 Å². The molecule has 1 aliphatic heterocycles. The van der Waals surface area contributed by atoms with E-state index >= 15 is 4.39 Å². The van der Waals surface area contributed by atoms with Gasteiger partial charge in [-0.3, -0.25) is 33.7 Å². The third-order valence-corrected chi connectivity index (χ3v) is 11.5. The Hall–Kier alpha value is -5.69. The van der Waals surface area contributed by atoms with Gasteiger partial charge in [0.15, 0.2) is 0 Å². The number of carbonyl (C=O) groups excluding carboxylic acids is 5. The van der Waals surface area contributed by atoms with Crippen LogP contribution in [0.25, 0.3) is 11.1 Å². The van der Waals surface area contributed by atoms with Gasteiger partial charge in [-0.1, -0.05) is 57.5 Å². The van der Waals surface area contributed by atoms with E-state index < -0.39 is 47.1 Å². The first kappa shape index (κ1) is 54.6. The molecule has 19 heteroatoms. The van der Waals surface area contributed by atoms with E-state index in [1.54, 1.807) is 17.2 Å². The van der Waals surface area contributed by atoms with Gasteiger partial charge in [0.25, 0.3) is 11.8 Å². The molecule has 1 aliphatic rings. The van der Waals surface area contributed by atoms with Gasteiger partial charge >= 0.3 is 18.1 Å². The lowest BCUT2D eigenvalue weighted by molar-refractivity contribution is -0.192. The highest BCUT2D eigenvalue weighted by Gasteiger charge is 2.39. The number of aliphatic carboxylic acids is 2. The number of halogens is 5. The molecule has 4 rings (SSSR count). The van der Waals surface area contributed by atoms with Crippen molar-refractivity contribution in [3.8, 4) is 11.1 Å². The van der Waals surface area contributed by atoms with E-state index in [1.165, 1.54) is 17.1 Å². The number of thioether (sulfide) groups is 1. The Bertz CT molecular complexity index is 2170. The molecule has 360 valence electrons. The first-order chi connectivity index (χ1) is 31.0. The molecule has 0 saturated heterocycles. The van der Waals surface area contributed by atoms with Crippen molar-refractivity contribution < 1.29 is 65.7 Å². The lowest BCUT2D eigenvalue weighted by Gasteiger charge is -2.41. The first-order valence-corrected chi connectivity index (χ1v) is 22.6. The predicted molar refractivity (Wildman–Crippen MR) is 238 cm³/mol. The number of hydrogen-bond donors (Lipinski definition) is 3. The highest BCUT2D eigenvalue weighted by molar-refractivity contribution is 7.99. The fourth-order valence-corrected chi connectivity index (χ4v) is 8.27. The molecule has 3 amide bonds. The summed E-state index contributed by atoms with van der Waals surface area (Å²) in [6.45, 7) is 7.32. The zero-order valence-corrected chi connectivity index (χ0v) is 38.0. The molecule has 4 N–H and O–H groups in total. The molecule has 2 heterocycles. The van der Waals surface area contributed by atoms with E-state index in [2.05, 4.69) is 0 Å². The second-order valence-electron chi connectivity index (χ2n) is 16.8. The number of imide groups is 1. The maximum Gasteiger partial charge on any atom is 0.490 e. The van der Waals surface area contributed by atoms with E-state index in [4.69, 9.17) is 15.6 Å². The summed E-state index contributed by atoms with van der Waals surface area (Å²) in [7, 11) is 0. The minimum Gasteiger partial charge on any atom is -0.481 e. The number of ketones is 2. The molecule has 66 heavy (non-hydrogen) atoms. The summed E-state index contributed by atoms with van der Waals surface area (Å²) in [5.74, 6) is -7.31. The third-order valence-electron chi connectivity index (χ3n) is 10.5. The van der Waals surface area contributed by atoms with E-state index in [9.17, 15) is 51.4 Å². The summed E-state index contributed by atoms with van der Waals surface area (Å²) in [4.78, 5) is 86.7. The number of Topliss-reactive ketones (excluding diaryl/α,β-unsaturated/α-hetero) is 2. The molecular weight excluding hydrogens is 892 g/mol. The fraction of sp³-hybridized carbons (Fsp3) is 0.468. The van der Waals surface area contributed by atoms with Gasteiger partial charge < -0.3 is 25.4 Å². The highest BCUT2D eigenvalue weighted by Crippen LogP contribution is 2.41. The second kappa shape index (κ2) is 25.9. The summed E-state index contributed by atoms with van der Waals surface area (Å²) < 4.78 is 63.2. The molecule has 0 radical (unpaired) electrons. The van der Waals surface area contributed by atoms with Crippen molar-refractivity contribution in [2.24, 2.45) is 17.1 Å². The number of carboxylic acid groups (broad SMARTS) is 2. The number of carboxylic acids is 2. The largest absolute Gasteiger partial charge is 0.490 e. The van der Waals surface area contributed by atoms with Crippen LogP contribution in [0.3, 0.4) is 0 Å². The Kier molecular flexibility index (Phi) is 21.4. The molecule has 3 aromatic rings. The number of nitrogens with zero attached hydrogens (tertiary/aromatic N) is 3. The zero-order valence-electron chi connectivity index (χ0n) is 37.2. The number of rotatable bonds is 25. The van der Waals surface area contributed by atoms with Crippen LogP contribution in [-0.4, -0.2) is 103 Å². The maximum absolute atomic E-state index is 15.1. The first-order valence-electron chi connectivity index (χ1n) is 21.4. The molecule has 13 nitrogen and oxygen atoms in total.